The first kappa shape index (κ1) is 28.4. The average Bonchev–Trinajstić information content (AvgIpc) is 3.74. The second-order valence-electron chi connectivity index (χ2n) is 12.7. The van der Waals surface area contributed by atoms with Gasteiger partial charge >= 0.3 is 0 Å². The SMILES string of the molecule is C1=Cc2oc3cc4c(cc3c2CC1)oc1ccc(-c2cccc(-c3cccc(-c5nc(-c6ccccc6)nc(-c6ccccc6)n5)c3)c2)cc14. The molecule has 1 aliphatic carbocycles. The van der Waals surface area contributed by atoms with Crippen molar-refractivity contribution in [1.82, 2.24) is 15.0 Å². The Balaban J connectivity index is 1.03. The number of furan rings is 2. The van der Waals surface area contributed by atoms with Crippen molar-refractivity contribution in [3.63, 3.8) is 0 Å². The first-order valence-corrected chi connectivity index (χ1v) is 16.9. The van der Waals surface area contributed by atoms with Gasteiger partial charge in [-0.2, -0.15) is 0 Å². The van der Waals surface area contributed by atoms with E-state index in [0.29, 0.717) is 17.5 Å². The van der Waals surface area contributed by atoms with Gasteiger partial charge in [-0.15, -0.1) is 0 Å². The van der Waals surface area contributed by atoms with Crippen molar-refractivity contribution in [2.45, 2.75) is 12.8 Å². The van der Waals surface area contributed by atoms with Crippen molar-refractivity contribution in [2.24, 2.45) is 0 Å². The van der Waals surface area contributed by atoms with Gasteiger partial charge in [0.05, 0.1) is 0 Å². The van der Waals surface area contributed by atoms with Crippen LogP contribution < -0.4 is 0 Å². The van der Waals surface area contributed by atoms with E-state index in [1.807, 2.05) is 60.7 Å². The predicted octanol–water partition coefficient (Wildman–Crippen LogP) is 11.8. The Morgan fingerprint density at radius 1 is 0.400 bits per heavy atom. The molecule has 0 fully saturated rings. The minimum Gasteiger partial charge on any atom is -0.456 e. The molecule has 0 atom stereocenters. The van der Waals surface area contributed by atoms with Crippen LogP contribution in [0, 0.1) is 0 Å². The normalized spacial score (nSPS) is 12.6. The third-order valence-electron chi connectivity index (χ3n) is 9.59. The number of benzene rings is 6. The summed E-state index contributed by atoms with van der Waals surface area (Å²) in [6.45, 7) is 0. The average molecular weight is 644 g/mol. The molecular formula is C45H29N3O2. The third kappa shape index (κ3) is 4.91. The Labute approximate surface area is 288 Å². The van der Waals surface area contributed by atoms with E-state index in [9.17, 15) is 0 Å². The number of fused-ring (bicyclic) bond motifs is 6. The monoisotopic (exact) mass is 643 g/mol. The van der Waals surface area contributed by atoms with Crippen LogP contribution in [-0.4, -0.2) is 15.0 Å². The lowest BCUT2D eigenvalue weighted by Gasteiger charge is -2.10. The molecule has 0 spiro atoms. The van der Waals surface area contributed by atoms with Crippen LogP contribution in [0.25, 0.3) is 95.4 Å². The standard InChI is InChI=1S/C45H29N3O2/c1-3-11-28(12-4-1)43-46-44(29-13-5-2-6-14-29)48-45(47-43)34-18-10-17-32(24-34)30-15-9-16-31(23-30)33-21-22-40-36(25-33)38-27-41-37(26-42(38)50-40)35-19-7-8-20-39(35)49-41/h1-6,8-18,20-27H,7,19H2. The summed E-state index contributed by atoms with van der Waals surface area (Å²) >= 11 is 0. The molecule has 0 N–H and O–H groups in total. The van der Waals surface area contributed by atoms with E-state index in [2.05, 4.69) is 91.0 Å². The van der Waals surface area contributed by atoms with Crippen LogP contribution in [0.4, 0.5) is 0 Å². The van der Waals surface area contributed by atoms with E-state index >= 15 is 0 Å². The molecule has 0 unspecified atom stereocenters. The molecular weight excluding hydrogens is 615 g/mol. The zero-order valence-corrected chi connectivity index (χ0v) is 27.0. The number of hydrogen-bond donors (Lipinski definition) is 0. The molecule has 0 radical (unpaired) electrons. The molecule has 236 valence electrons. The number of rotatable bonds is 5. The fraction of sp³-hybridized carbons (Fsp3) is 0.0444. The molecule has 0 amide bonds. The van der Waals surface area contributed by atoms with Gasteiger partial charge in [0, 0.05) is 38.4 Å². The first-order valence-electron chi connectivity index (χ1n) is 16.9. The quantitative estimate of drug-likeness (QED) is 0.187. The Morgan fingerprint density at radius 2 is 0.920 bits per heavy atom. The third-order valence-corrected chi connectivity index (χ3v) is 9.59. The van der Waals surface area contributed by atoms with Gasteiger partial charge in [0.1, 0.15) is 22.5 Å². The van der Waals surface area contributed by atoms with Gasteiger partial charge in [0.15, 0.2) is 17.5 Å². The summed E-state index contributed by atoms with van der Waals surface area (Å²) in [6.07, 6.45) is 6.30. The van der Waals surface area contributed by atoms with Crippen LogP contribution in [0.2, 0.25) is 0 Å². The van der Waals surface area contributed by atoms with Gasteiger partial charge in [-0.1, -0.05) is 109 Å². The van der Waals surface area contributed by atoms with E-state index < -0.39 is 0 Å². The lowest BCUT2D eigenvalue weighted by Crippen LogP contribution is -2.00. The maximum Gasteiger partial charge on any atom is 0.164 e. The van der Waals surface area contributed by atoms with Crippen molar-refractivity contribution in [3.05, 3.63) is 157 Å². The van der Waals surface area contributed by atoms with Gasteiger partial charge in [-0.05, 0) is 77.6 Å². The molecule has 0 bridgehead atoms. The molecule has 3 aromatic heterocycles. The lowest BCUT2D eigenvalue weighted by atomic mass is 9.96. The number of aryl methyl sites for hydroxylation is 1. The molecule has 5 nitrogen and oxygen atoms in total. The highest BCUT2D eigenvalue weighted by Gasteiger charge is 2.18. The number of allylic oxidation sites excluding steroid dienone is 1. The van der Waals surface area contributed by atoms with Crippen LogP contribution in [0.1, 0.15) is 17.7 Å². The van der Waals surface area contributed by atoms with E-state index in [1.54, 1.807) is 0 Å². The molecule has 10 rings (SSSR count). The lowest BCUT2D eigenvalue weighted by molar-refractivity contribution is 0.595. The van der Waals surface area contributed by atoms with Gasteiger partial charge in [0.2, 0.25) is 0 Å². The fourth-order valence-corrected chi connectivity index (χ4v) is 7.08. The molecule has 1 aliphatic rings. The molecule has 0 aliphatic heterocycles. The second kappa shape index (κ2) is 11.5. The zero-order chi connectivity index (χ0) is 33.0. The Morgan fingerprint density at radius 3 is 1.60 bits per heavy atom. The minimum absolute atomic E-state index is 0.635. The summed E-state index contributed by atoms with van der Waals surface area (Å²) in [6, 6.07) is 47.9. The highest BCUT2D eigenvalue weighted by molar-refractivity contribution is 6.11. The Kier molecular flexibility index (Phi) is 6.56. The maximum absolute atomic E-state index is 6.36. The van der Waals surface area contributed by atoms with E-state index in [4.69, 9.17) is 23.8 Å². The van der Waals surface area contributed by atoms with Crippen molar-refractivity contribution >= 4 is 39.0 Å². The fourth-order valence-electron chi connectivity index (χ4n) is 7.08. The maximum atomic E-state index is 6.36. The predicted molar refractivity (Wildman–Crippen MR) is 201 cm³/mol. The number of aromatic nitrogens is 3. The molecule has 5 heteroatoms. The van der Waals surface area contributed by atoms with E-state index in [1.165, 1.54) is 5.56 Å². The molecule has 50 heavy (non-hydrogen) atoms. The second-order valence-corrected chi connectivity index (χ2v) is 12.7. The van der Waals surface area contributed by atoms with E-state index in [0.717, 1.165) is 90.5 Å². The zero-order valence-electron chi connectivity index (χ0n) is 27.0. The number of hydrogen-bond acceptors (Lipinski definition) is 5. The van der Waals surface area contributed by atoms with E-state index in [-0.39, 0.29) is 0 Å². The molecule has 9 aromatic rings. The summed E-state index contributed by atoms with van der Waals surface area (Å²) < 4.78 is 12.6. The molecule has 3 heterocycles. The van der Waals surface area contributed by atoms with Gasteiger partial charge in [-0.3, -0.25) is 0 Å². The van der Waals surface area contributed by atoms with Crippen molar-refractivity contribution < 1.29 is 8.83 Å². The Hall–Kier alpha value is -6.59. The van der Waals surface area contributed by atoms with Gasteiger partial charge in [-0.25, -0.2) is 15.0 Å². The molecule has 6 aromatic carbocycles. The van der Waals surface area contributed by atoms with Crippen LogP contribution in [0.5, 0.6) is 0 Å². The molecule has 0 saturated carbocycles. The van der Waals surface area contributed by atoms with Crippen LogP contribution in [0.3, 0.4) is 0 Å². The number of nitrogens with zero attached hydrogens (tertiary/aromatic N) is 3. The summed E-state index contributed by atoms with van der Waals surface area (Å²) in [5, 5.41) is 3.29. The highest BCUT2D eigenvalue weighted by atomic mass is 16.3. The summed E-state index contributed by atoms with van der Waals surface area (Å²) in [5.41, 5.74) is 11.2. The molecule has 0 saturated heterocycles. The summed E-state index contributed by atoms with van der Waals surface area (Å²) in [4.78, 5) is 14.7. The minimum atomic E-state index is 0.635. The summed E-state index contributed by atoms with van der Waals surface area (Å²) in [5.74, 6) is 2.89. The van der Waals surface area contributed by atoms with Crippen molar-refractivity contribution in [2.75, 3.05) is 0 Å². The van der Waals surface area contributed by atoms with Crippen molar-refractivity contribution in [3.8, 4) is 56.4 Å². The van der Waals surface area contributed by atoms with Crippen LogP contribution in [-0.2, 0) is 6.42 Å². The smallest absolute Gasteiger partial charge is 0.164 e. The van der Waals surface area contributed by atoms with Crippen molar-refractivity contribution in [1.29, 1.82) is 0 Å². The first-order chi connectivity index (χ1) is 24.7. The topological polar surface area (TPSA) is 65.0 Å². The largest absolute Gasteiger partial charge is 0.456 e. The highest BCUT2D eigenvalue weighted by Crippen LogP contribution is 2.39. The van der Waals surface area contributed by atoms with Crippen LogP contribution >= 0.6 is 0 Å². The Bertz CT molecular complexity index is 2700. The van der Waals surface area contributed by atoms with Gasteiger partial charge < -0.3 is 8.83 Å². The van der Waals surface area contributed by atoms with Crippen LogP contribution in [0.15, 0.2) is 154 Å². The summed E-state index contributed by atoms with van der Waals surface area (Å²) in [7, 11) is 0. The van der Waals surface area contributed by atoms with Gasteiger partial charge in [0.25, 0.3) is 0 Å².